The Balaban J connectivity index is 2.08. The highest BCUT2D eigenvalue weighted by Gasteiger charge is 2.41. The molecule has 92 valence electrons. The van der Waals surface area contributed by atoms with E-state index >= 15 is 0 Å². The largest absolute Gasteiger partial charge is 0.381 e. The van der Waals surface area contributed by atoms with E-state index in [1.807, 2.05) is 6.07 Å². The van der Waals surface area contributed by atoms with Gasteiger partial charge in [0.05, 0.1) is 16.9 Å². The lowest BCUT2D eigenvalue weighted by Crippen LogP contribution is -2.53. The highest BCUT2D eigenvalue weighted by atomic mass is 35.5. The van der Waals surface area contributed by atoms with Gasteiger partial charge >= 0.3 is 0 Å². The normalized spacial score (nSPS) is 21.5. The fourth-order valence-electron chi connectivity index (χ4n) is 3.48. The molecule has 1 heterocycles. The maximum absolute atomic E-state index is 6.12. The van der Waals surface area contributed by atoms with E-state index in [0.29, 0.717) is 5.54 Å². The van der Waals surface area contributed by atoms with Crippen LogP contribution in [0.5, 0.6) is 0 Å². The molecule has 1 aliphatic carbocycles. The van der Waals surface area contributed by atoms with E-state index in [1.54, 1.807) is 0 Å². The van der Waals surface area contributed by atoms with Gasteiger partial charge in [0.1, 0.15) is 0 Å². The summed E-state index contributed by atoms with van der Waals surface area (Å²) in [7, 11) is 2.24. The number of likely N-dealkylation sites (N-methyl/N-ethyl adjacent to an activating group) is 1. The van der Waals surface area contributed by atoms with Gasteiger partial charge < -0.3 is 10.2 Å². The number of hydrogen-bond donors (Lipinski definition) is 1. The van der Waals surface area contributed by atoms with E-state index in [0.717, 1.165) is 11.6 Å². The second kappa shape index (κ2) is 3.81. The molecule has 0 amide bonds. The lowest BCUT2D eigenvalue weighted by Gasteiger charge is -2.46. The summed E-state index contributed by atoms with van der Waals surface area (Å²) in [4.78, 5) is 2.50. The van der Waals surface area contributed by atoms with Crippen LogP contribution in [0.25, 0.3) is 0 Å². The van der Waals surface area contributed by atoms with E-state index in [9.17, 15) is 0 Å². The first kappa shape index (κ1) is 11.2. The molecule has 17 heavy (non-hydrogen) atoms. The van der Waals surface area contributed by atoms with Crippen molar-refractivity contribution >= 4 is 23.0 Å². The van der Waals surface area contributed by atoms with Gasteiger partial charge in [0.2, 0.25) is 0 Å². The maximum Gasteiger partial charge on any atom is 0.0635 e. The molecule has 2 nitrogen and oxygen atoms in total. The smallest absolute Gasteiger partial charge is 0.0635 e. The standard InChI is InChI=1S/C14H19ClN2/c1-10-7-11(15)8-12-13(10)17(2)14(9-16-12)5-3-4-6-14/h7-8,16H,3-6,9H2,1-2H3. The predicted molar refractivity (Wildman–Crippen MR) is 74.3 cm³/mol. The molecular weight excluding hydrogens is 232 g/mol. The van der Waals surface area contributed by atoms with Crippen molar-refractivity contribution in [1.82, 2.24) is 0 Å². The molecule has 1 aromatic rings. The Morgan fingerprint density at radius 1 is 1.29 bits per heavy atom. The molecule has 0 saturated heterocycles. The maximum atomic E-state index is 6.12. The molecule has 1 saturated carbocycles. The number of aryl methyl sites for hydroxylation is 1. The van der Waals surface area contributed by atoms with Gasteiger partial charge in [-0.3, -0.25) is 0 Å². The van der Waals surface area contributed by atoms with Crippen LogP contribution in [0, 0.1) is 6.92 Å². The van der Waals surface area contributed by atoms with E-state index in [2.05, 4.69) is 30.3 Å². The molecule has 3 heteroatoms. The molecule has 1 fully saturated rings. The van der Waals surface area contributed by atoms with Crippen LogP contribution >= 0.6 is 11.6 Å². The summed E-state index contributed by atoms with van der Waals surface area (Å²) in [5, 5.41) is 4.40. The van der Waals surface area contributed by atoms with Crippen molar-refractivity contribution in [2.75, 3.05) is 23.8 Å². The SMILES string of the molecule is Cc1cc(Cl)cc2c1N(C)C1(CCCC1)CN2. The molecule has 1 spiro atoms. The van der Waals surface area contributed by atoms with Crippen molar-refractivity contribution in [2.45, 2.75) is 38.1 Å². The summed E-state index contributed by atoms with van der Waals surface area (Å²) < 4.78 is 0. The summed E-state index contributed by atoms with van der Waals surface area (Å²) in [5.74, 6) is 0. The summed E-state index contributed by atoms with van der Waals surface area (Å²) >= 11 is 6.12. The Morgan fingerprint density at radius 3 is 2.71 bits per heavy atom. The Labute approximate surface area is 108 Å². The van der Waals surface area contributed by atoms with Crippen molar-refractivity contribution in [3.63, 3.8) is 0 Å². The number of benzene rings is 1. The highest BCUT2D eigenvalue weighted by Crippen LogP contribution is 2.45. The number of fused-ring (bicyclic) bond motifs is 1. The lowest BCUT2D eigenvalue weighted by atomic mass is 9.91. The molecule has 2 aliphatic rings. The third-order valence-corrected chi connectivity index (χ3v) is 4.67. The number of halogens is 1. The first-order chi connectivity index (χ1) is 8.12. The second-order valence-electron chi connectivity index (χ2n) is 5.46. The number of hydrogen-bond acceptors (Lipinski definition) is 2. The third-order valence-electron chi connectivity index (χ3n) is 4.45. The molecule has 1 aliphatic heterocycles. The van der Waals surface area contributed by atoms with Gasteiger partial charge in [-0.25, -0.2) is 0 Å². The van der Waals surface area contributed by atoms with E-state index in [-0.39, 0.29) is 0 Å². The van der Waals surface area contributed by atoms with Crippen molar-refractivity contribution in [3.8, 4) is 0 Å². The molecule has 0 radical (unpaired) electrons. The van der Waals surface area contributed by atoms with E-state index in [1.165, 1.54) is 42.6 Å². The minimum Gasteiger partial charge on any atom is -0.381 e. The van der Waals surface area contributed by atoms with Crippen LogP contribution < -0.4 is 10.2 Å². The summed E-state index contributed by atoms with van der Waals surface area (Å²) in [5.41, 5.74) is 4.14. The zero-order chi connectivity index (χ0) is 12.0. The molecule has 1 aromatic carbocycles. The van der Waals surface area contributed by atoms with Gasteiger partial charge in [0, 0.05) is 18.6 Å². The Bertz CT molecular complexity index is 450. The van der Waals surface area contributed by atoms with Crippen LogP contribution in [-0.2, 0) is 0 Å². The van der Waals surface area contributed by atoms with Gasteiger partial charge in [0.15, 0.2) is 0 Å². The fraction of sp³-hybridized carbons (Fsp3) is 0.571. The Kier molecular flexibility index (Phi) is 2.51. The van der Waals surface area contributed by atoms with Crippen molar-refractivity contribution < 1.29 is 0 Å². The summed E-state index contributed by atoms with van der Waals surface area (Å²) in [6, 6.07) is 4.11. The van der Waals surface area contributed by atoms with E-state index in [4.69, 9.17) is 11.6 Å². The summed E-state index contributed by atoms with van der Waals surface area (Å²) in [6.07, 6.45) is 5.32. The molecule has 0 atom stereocenters. The molecule has 0 bridgehead atoms. The first-order valence-electron chi connectivity index (χ1n) is 6.40. The molecule has 0 aromatic heterocycles. The zero-order valence-electron chi connectivity index (χ0n) is 10.5. The van der Waals surface area contributed by atoms with Crippen molar-refractivity contribution in [1.29, 1.82) is 0 Å². The number of rotatable bonds is 0. The third kappa shape index (κ3) is 1.61. The zero-order valence-corrected chi connectivity index (χ0v) is 11.3. The quantitative estimate of drug-likeness (QED) is 0.753. The molecule has 0 unspecified atom stereocenters. The van der Waals surface area contributed by atoms with Gasteiger partial charge in [0.25, 0.3) is 0 Å². The van der Waals surface area contributed by atoms with Gasteiger partial charge in [-0.15, -0.1) is 0 Å². The molecule has 1 N–H and O–H groups in total. The van der Waals surface area contributed by atoms with Crippen LogP contribution in [0.15, 0.2) is 12.1 Å². The van der Waals surface area contributed by atoms with E-state index < -0.39 is 0 Å². The summed E-state index contributed by atoms with van der Waals surface area (Å²) in [6.45, 7) is 3.20. The van der Waals surface area contributed by atoms with Crippen LogP contribution in [0.4, 0.5) is 11.4 Å². The average Bonchev–Trinajstić information content (AvgIpc) is 2.73. The van der Waals surface area contributed by atoms with Crippen LogP contribution in [0.3, 0.4) is 0 Å². The monoisotopic (exact) mass is 250 g/mol. The van der Waals surface area contributed by atoms with Crippen LogP contribution in [-0.4, -0.2) is 19.1 Å². The van der Waals surface area contributed by atoms with Crippen molar-refractivity contribution in [3.05, 3.63) is 22.7 Å². The number of nitrogens with one attached hydrogen (secondary N) is 1. The minimum atomic E-state index is 0.339. The van der Waals surface area contributed by atoms with Gasteiger partial charge in [-0.2, -0.15) is 0 Å². The highest BCUT2D eigenvalue weighted by molar-refractivity contribution is 6.31. The topological polar surface area (TPSA) is 15.3 Å². The predicted octanol–water partition coefficient (Wildman–Crippen LogP) is 3.82. The van der Waals surface area contributed by atoms with Gasteiger partial charge in [-0.05, 0) is 37.5 Å². The number of nitrogens with zero attached hydrogens (tertiary/aromatic N) is 1. The second-order valence-corrected chi connectivity index (χ2v) is 5.90. The average molecular weight is 251 g/mol. The van der Waals surface area contributed by atoms with Gasteiger partial charge in [-0.1, -0.05) is 24.4 Å². The fourth-order valence-corrected chi connectivity index (χ4v) is 3.75. The molecule has 3 rings (SSSR count). The van der Waals surface area contributed by atoms with Crippen molar-refractivity contribution in [2.24, 2.45) is 0 Å². The van der Waals surface area contributed by atoms with Crippen LogP contribution in [0.1, 0.15) is 31.2 Å². The minimum absolute atomic E-state index is 0.339. The Hall–Kier alpha value is -0.890. The lowest BCUT2D eigenvalue weighted by molar-refractivity contribution is 0.428. The first-order valence-corrected chi connectivity index (χ1v) is 6.78. The molecular formula is C14H19ClN2. The van der Waals surface area contributed by atoms with Crippen LogP contribution in [0.2, 0.25) is 5.02 Å². The Morgan fingerprint density at radius 2 is 2.00 bits per heavy atom. The number of anilines is 2.